The lowest BCUT2D eigenvalue weighted by Gasteiger charge is -2.26. The van der Waals surface area contributed by atoms with Gasteiger partial charge in [0.25, 0.3) is 0 Å². The van der Waals surface area contributed by atoms with Crippen LogP contribution in [0.4, 0.5) is 11.8 Å². The summed E-state index contributed by atoms with van der Waals surface area (Å²) in [7, 11) is 0. The molecule has 3 heterocycles. The van der Waals surface area contributed by atoms with Crippen molar-refractivity contribution >= 4 is 34.4 Å². The molecule has 152 valence electrons. The molecule has 0 radical (unpaired) electrons. The fourth-order valence-electron chi connectivity index (χ4n) is 4.01. The topological polar surface area (TPSA) is 72.9 Å². The second kappa shape index (κ2) is 7.61. The maximum absolute atomic E-state index is 6.60. The molecule has 0 aliphatic carbocycles. The van der Waals surface area contributed by atoms with Crippen molar-refractivity contribution in [1.82, 2.24) is 19.7 Å². The zero-order chi connectivity index (χ0) is 20.7. The Balaban J connectivity index is 1.74. The molecule has 2 N–H and O–H groups in total. The molecular formula is C23H23ClN6. The molecule has 0 spiro atoms. The zero-order valence-electron chi connectivity index (χ0n) is 16.8. The fraction of sp³-hybridized carbons (Fsp3) is 0.261. The van der Waals surface area contributed by atoms with Gasteiger partial charge in [0.05, 0.1) is 16.8 Å². The predicted molar refractivity (Wildman–Crippen MR) is 122 cm³/mol. The van der Waals surface area contributed by atoms with Crippen molar-refractivity contribution < 1.29 is 0 Å². The lowest BCUT2D eigenvalue weighted by molar-refractivity contribution is 0.569. The molecule has 4 aromatic rings. The summed E-state index contributed by atoms with van der Waals surface area (Å²) >= 11 is 6.12. The van der Waals surface area contributed by atoms with Crippen molar-refractivity contribution in [3.8, 4) is 16.9 Å². The van der Waals surface area contributed by atoms with Crippen molar-refractivity contribution in [2.24, 2.45) is 0 Å². The Morgan fingerprint density at radius 2 is 1.73 bits per heavy atom. The number of fused-ring (bicyclic) bond motifs is 1. The van der Waals surface area contributed by atoms with E-state index < -0.39 is 0 Å². The molecular weight excluding hydrogens is 396 g/mol. The molecule has 6 nitrogen and oxygen atoms in total. The van der Waals surface area contributed by atoms with Gasteiger partial charge in [-0.2, -0.15) is 4.98 Å². The number of piperidine rings is 1. The van der Waals surface area contributed by atoms with Crippen LogP contribution in [-0.2, 0) is 0 Å². The Labute approximate surface area is 180 Å². The quantitative estimate of drug-likeness (QED) is 0.505. The maximum atomic E-state index is 6.60. The molecule has 5 rings (SSSR count). The van der Waals surface area contributed by atoms with Gasteiger partial charge in [-0.3, -0.25) is 0 Å². The monoisotopic (exact) mass is 418 g/mol. The predicted octanol–water partition coefficient (Wildman–Crippen LogP) is 5.02. The normalized spacial score (nSPS) is 14.4. The van der Waals surface area contributed by atoms with Crippen molar-refractivity contribution in [3.63, 3.8) is 0 Å². The SMILES string of the molecule is Cc1cccc(-n2nc3nc(N4CCCCC4)nc(-c4ccc(Cl)cc4)c3c2N)c1. The molecule has 0 unspecified atom stereocenters. The number of rotatable bonds is 3. The smallest absolute Gasteiger partial charge is 0.228 e. The van der Waals surface area contributed by atoms with Crippen molar-refractivity contribution in [2.75, 3.05) is 23.7 Å². The van der Waals surface area contributed by atoms with Crippen LogP contribution < -0.4 is 10.6 Å². The van der Waals surface area contributed by atoms with E-state index in [0.29, 0.717) is 22.4 Å². The third kappa shape index (κ3) is 3.37. The first-order chi connectivity index (χ1) is 14.6. The van der Waals surface area contributed by atoms with E-state index in [1.54, 1.807) is 4.68 Å². The minimum atomic E-state index is 0.533. The molecule has 1 saturated heterocycles. The molecule has 0 amide bonds. The highest BCUT2D eigenvalue weighted by atomic mass is 35.5. The Hall–Kier alpha value is -3.12. The van der Waals surface area contributed by atoms with Gasteiger partial charge >= 0.3 is 0 Å². The van der Waals surface area contributed by atoms with Crippen LogP contribution in [0, 0.1) is 6.92 Å². The minimum absolute atomic E-state index is 0.533. The summed E-state index contributed by atoms with van der Waals surface area (Å²) in [6.07, 6.45) is 3.55. The van der Waals surface area contributed by atoms with Gasteiger partial charge in [0.2, 0.25) is 5.95 Å². The van der Waals surface area contributed by atoms with Crippen LogP contribution in [0.25, 0.3) is 28.0 Å². The van der Waals surface area contributed by atoms with Crippen LogP contribution in [0.2, 0.25) is 5.02 Å². The summed E-state index contributed by atoms with van der Waals surface area (Å²) in [6.45, 7) is 3.97. The molecule has 0 atom stereocenters. The van der Waals surface area contributed by atoms with E-state index in [2.05, 4.69) is 24.0 Å². The summed E-state index contributed by atoms with van der Waals surface area (Å²) in [5.74, 6) is 1.24. The van der Waals surface area contributed by atoms with Crippen molar-refractivity contribution in [3.05, 3.63) is 59.1 Å². The Morgan fingerprint density at radius 3 is 2.47 bits per heavy atom. The van der Waals surface area contributed by atoms with Crippen molar-refractivity contribution in [2.45, 2.75) is 26.2 Å². The molecule has 1 aliphatic heterocycles. The third-order valence-electron chi connectivity index (χ3n) is 5.56. The number of nitrogens with zero attached hydrogens (tertiary/aromatic N) is 5. The van der Waals surface area contributed by atoms with Gasteiger partial charge in [-0.15, -0.1) is 5.10 Å². The number of aromatic nitrogens is 4. The summed E-state index contributed by atoms with van der Waals surface area (Å²) in [6, 6.07) is 15.8. The van der Waals surface area contributed by atoms with E-state index in [-0.39, 0.29) is 0 Å². The standard InChI is InChI=1S/C23H23ClN6/c1-15-6-5-7-18(14-15)30-21(25)19-20(16-8-10-17(24)11-9-16)26-23(27-22(19)28-30)29-12-3-2-4-13-29/h5-11,14H,2-4,12-13,25H2,1H3. The van der Waals surface area contributed by atoms with Gasteiger partial charge in [-0.25, -0.2) is 9.67 Å². The Morgan fingerprint density at radius 1 is 0.967 bits per heavy atom. The number of nitrogen functional groups attached to an aromatic ring is 1. The summed E-state index contributed by atoms with van der Waals surface area (Å²) in [5.41, 5.74) is 11.0. The fourth-order valence-corrected chi connectivity index (χ4v) is 4.13. The largest absolute Gasteiger partial charge is 0.383 e. The van der Waals surface area contributed by atoms with E-state index in [1.807, 2.05) is 36.4 Å². The van der Waals surface area contributed by atoms with Gasteiger partial charge in [0.15, 0.2) is 5.65 Å². The average molecular weight is 419 g/mol. The van der Waals surface area contributed by atoms with E-state index in [1.165, 1.54) is 6.42 Å². The number of benzene rings is 2. The van der Waals surface area contributed by atoms with Gasteiger partial charge in [-0.1, -0.05) is 35.9 Å². The molecule has 2 aromatic heterocycles. The Kier molecular flexibility index (Phi) is 4.79. The first-order valence-electron chi connectivity index (χ1n) is 10.2. The molecule has 1 aliphatic rings. The van der Waals surface area contributed by atoms with Crippen molar-refractivity contribution in [1.29, 1.82) is 0 Å². The average Bonchev–Trinajstić information content (AvgIpc) is 3.11. The third-order valence-corrected chi connectivity index (χ3v) is 5.81. The van der Waals surface area contributed by atoms with E-state index in [9.17, 15) is 0 Å². The highest BCUT2D eigenvalue weighted by Gasteiger charge is 2.22. The van der Waals surface area contributed by atoms with Crippen LogP contribution in [0.1, 0.15) is 24.8 Å². The van der Waals surface area contributed by atoms with E-state index >= 15 is 0 Å². The number of hydrogen-bond donors (Lipinski definition) is 1. The Bertz CT molecular complexity index is 1210. The number of anilines is 2. The first kappa shape index (κ1) is 18.9. The maximum Gasteiger partial charge on any atom is 0.228 e. The summed E-state index contributed by atoms with van der Waals surface area (Å²) < 4.78 is 1.76. The van der Waals surface area contributed by atoms with Crippen LogP contribution in [0.15, 0.2) is 48.5 Å². The molecule has 30 heavy (non-hydrogen) atoms. The molecule has 0 saturated carbocycles. The van der Waals surface area contributed by atoms with Gasteiger partial charge < -0.3 is 10.6 Å². The second-order valence-electron chi connectivity index (χ2n) is 7.76. The first-order valence-corrected chi connectivity index (χ1v) is 10.6. The second-order valence-corrected chi connectivity index (χ2v) is 8.20. The molecule has 7 heteroatoms. The van der Waals surface area contributed by atoms with Crippen LogP contribution in [0.3, 0.4) is 0 Å². The lowest BCUT2D eigenvalue weighted by atomic mass is 10.1. The van der Waals surface area contributed by atoms with Gasteiger partial charge in [0, 0.05) is 23.7 Å². The molecule has 0 bridgehead atoms. The summed E-state index contributed by atoms with van der Waals surface area (Å²) in [5, 5.41) is 6.22. The lowest BCUT2D eigenvalue weighted by Crippen LogP contribution is -2.31. The number of halogens is 1. The van der Waals surface area contributed by atoms with Gasteiger partial charge in [0.1, 0.15) is 5.82 Å². The van der Waals surface area contributed by atoms with Gasteiger partial charge in [-0.05, 0) is 56.0 Å². The van der Waals surface area contributed by atoms with Crippen LogP contribution >= 0.6 is 11.6 Å². The molecule has 2 aromatic carbocycles. The van der Waals surface area contributed by atoms with E-state index in [4.69, 9.17) is 32.4 Å². The number of nitrogens with two attached hydrogens (primary N) is 1. The van der Waals surface area contributed by atoms with Crippen LogP contribution in [0.5, 0.6) is 0 Å². The number of hydrogen-bond acceptors (Lipinski definition) is 5. The molecule has 1 fully saturated rings. The highest BCUT2D eigenvalue weighted by molar-refractivity contribution is 6.30. The van der Waals surface area contributed by atoms with Crippen LogP contribution in [-0.4, -0.2) is 32.8 Å². The number of aryl methyl sites for hydroxylation is 1. The summed E-state index contributed by atoms with van der Waals surface area (Å²) in [4.78, 5) is 12.0. The zero-order valence-corrected chi connectivity index (χ0v) is 17.6. The minimum Gasteiger partial charge on any atom is -0.383 e. The van der Waals surface area contributed by atoms with E-state index in [0.717, 1.165) is 53.8 Å². The highest BCUT2D eigenvalue weighted by Crippen LogP contribution is 2.34.